The first-order valence-electron chi connectivity index (χ1n) is 7.27. The summed E-state index contributed by atoms with van der Waals surface area (Å²) in [5.74, 6) is -0.479. The Kier molecular flexibility index (Phi) is 4.09. The number of hydrogen-bond donors (Lipinski definition) is 2. The van der Waals surface area contributed by atoms with E-state index in [9.17, 15) is 9.18 Å². The lowest BCUT2D eigenvalue weighted by Crippen LogP contribution is -2.15. The Balaban J connectivity index is 1.87. The summed E-state index contributed by atoms with van der Waals surface area (Å²) in [5, 5.41) is 4.17. The zero-order chi connectivity index (χ0) is 16.6. The van der Waals surface area contributed by atoms with Gasteiger partial charge in [-0.25, -0.2) is 4.39 Å². The van der Waals surface area contributed by atoms with Gasteiger partial charge in [0.1, 0.15) is 5.82 Å². The number of fused-ring (bicyclic) bond motifs is 1. The predicted octanol–water partition coefficient (Wildman–Crippen LogP) is 4.76. The molecule has 0 aliphatic heterocycles. The first kappa shape index (κ1) is 15.6. The van der Waals surface area contributed by atoms with Crippen LogP contribution in [0, 0.1) is 19.7 Å². The number of carbonyl (C=O) groups is 1. The number of carbonyl (C=O) groups excluding carboxylic acids is 1. The van der Waals surface area contributed by atoms with Gasteiger partial charge in [0.2, 0.25) is 5.91 Å². The van der Waals surface area contributed by atoms with Crippen molar-refractivity contribution in [1.29, 1.82) is 0 Å². The molecule has 0 spiro atoms. The van der Waals surface area contributed by atoms with Gasteiger partial charge in [0, 0.05) is 27.3 Å². The van der Waals surface area contributed by atoms with Crippen LogP contribution in [0.5, 0.6) is 0 Å². The zero-order valence-corrected chi connectivity index (χ0v) is 13.6. The van der Waals surface area contributed by atoms with Gasteiger partial charge < -0.3 is 10.3 Å². The topological polar surface area (TPSA) is 44.9 Å². The Labute approximate surface area is 138 Å². The molecule has 1 amide bonds. The number of aryl methyl sites for hydroxylation is 2. The van der Waals surface area contributed by atoms with Gasteiger partial charge in [0.25, 0.3) is 0 Å². The number of H-pyrrole nitrogens is 1. The fourth-order valence-corrected chi connectivity index (χ4v) is 2.84. The van der Waals surface area contributed by atoms with E-state index in [2.05, 4.69) is 10.3 Å². The molecule has 0 saturated carbocycles. The molecule has 5 heteroatoms. The van der Waals surface area contributed by atoms with Crippen molar-refractivity contribution in [2.75, 3.05) is 5.32 Å². The number of nitrogens with one attached hydrogen (secondary N) is 2. The van der Waals surface area contributed by atoms with Gasteiger partial charge >= 0.3 is 0 Å². The van der Waals surface area contributed by atoms with Gasteiger partial charge in [-0.3, -0.25) is 4.79 Å². The van der Waals surface area contributed by atoms with Crippen molar-refractivity contribution in [3.63, 3.8) is 0 Å². The van der Waals surface area contributed by atoms with Crippen LogP contribution in [0.1, 0.15) is 16.8 Å². The molecule has 0 fully saturated rings. The molecule has 0 radical (unpaired) electrons. The van der Waals surface area contributed by atoms with Crippen LogP contribution in [0.25, 0.3) is 10.9 Å². The first-order chi connectivity index (χ1) is 10.9. The average molecular weight is 331 g/mol. The number of rotatable bonds is 3. The number of aromatic nitrogens is 1. The molecule has 0 saturated heterocycles. The Hall–Kier alpha value is -2.33. The number of anilines is 1. The molecule has 3 rings (SSSR count). The Morgan fingerprint density at radius 1 is 1.22 bits per heavy atom. The Morgan fingerprint density at radius 2 is 2.00 bits per heavy atom. The minimum absolute atomic E-state index is 0.163. The van der Waals surface area contributed by atoms with Gasteiger partial charge in [-0.2, -0.15) is 0 Å². The van der Waals surface area contributed by atoms with E-state index in [1.165, 1.54) is 12.1 Å². The van der Waals surface area contributed by atoms with Crippen molar-refractivity contribution in [1.82, 2.24) is 4.98 Å². The number of amides is 1. The van der Waals surface area contributed by atoms with Crippen molar-refractivity contribution < 1.29 is 9.18 Å². The molecule has 2 aromatic carbocycles. The molecule has 0 unspecified atom stereocenters. The van der Waals surface area contributed by atoms with Gasteiger partial charge in [-0.1, -0.05) is 17.7 Å². The monoisotopic (exact) mass is 330 g/mol. The molecule has 0 atom stereocenters. The van der Waals surface area contributed by atoms with Crippen LogP contribution in [0.4, 0.5) is 10.1 Å². The summed E-state index contributed by atoms with van der Waals surface area (Å²) < 4.78 is 13.5. The SMILES string of the molecule is Cc1ccc(Cl)cc1NC(=O)Cc1c(C)[nH]c2ccc(F)cc12. The quantitative estimate of drug-likeness (QED) is 0.714. The largest absolute Gasteiger partial charge is 0.358 e. The molecule has 118 valence electrons. The van der Waals surface area contributed by atoms with Crippen LogP contribution in [0.15, 0.2) is 36.4 Å². The van der Waals surface area contributed by atoms with Crippen LogP contribution < -0.4 is 5.32 Å². The molecule has 0 aliphatic rings. The van der Waals surface area contributed by atoms with Crippen LogP contribution >= 0.6 is 11.6 Å². The molecule has 0 aliphatic carbocycles. The summed E-state index contributed by atoms with van der Waals surface area (Å²) in [5.41, 5.74) is 4.11. The third-order valence-electron chi connectivity index (χ3n) is 3.89. The van der Waals surface area contributed by atoms with Gasteiger partial charge in [0.05, 0.1) is 6.42 Å². The van der Waals surface area contributed by atoms with E-state index in [-0.39, 0.29) is 18.1 Å². The zero-order valence-electron chi connectivity index (χ0n) is 12.8. The molecule has 1 aromatic heterocycles. The summed E-state index contributed by atoms with van der Waals surface area (Å²) in [7, 11) is 0. The average Bonchev–Trinajstić information content (AvgIpc) is 2.79. The predicted molar refractivity (Wildman–Crippen MR) is 91.5 cm³/mol. The lowest BCUT2D eigenvalue weighted by atomic mass is 10.1. The van der Waals surface area contributed by atoms with E-state index in [1.807, 2.05) is 19.9 Å². The molecular weight excluding hydrogens is 315 g/mol. The van der Waals surface area contributed by atoms with Gasteiger partial charge in [0.15, 0.2) is 0 Å². The highest BCUT2D eigenvalue weighted by Gasteiger charge is 2.14. The summed E-state index contributed by atoms with van der Waals surface area (Å²) >= 11 is 5.97. The highest BCUT2D eigenvalue weighted by atomic mass is 35.5. The highest BCUT2D eigenvalue weighted by Crippen LogP contribution is 2.25. The van der Waals surface area contributed by atoms with Crippen LogP contribution in [-0.2, 0) is 11.2 Å². The minimum Gasteiger partial charge on any atom is -0.358 e. The van der Waals surface area contributed by atoms with Crippen LogP contribution in [-0.4, -0.2) is 10.9 Å². The second kappa shape index (κ2) is 6.05. The standard InChI is InChI=1S/C18H16ClFN2O/c1-10-3-4-12(19)7-17(10)22-18(23)9-14-11(2)21-16-6-5-13(20)8-15(14)16/h3-8,21H,9H2,1-2H3,(H,22,23). The van der Waals surface area contributed by atoms with Crippen molar-refractivity contribution in [2.24, 2.45) is 0 Å². The molecule has 3 aromatic rings. The summed E-state index contributed by atoms with van der Waals surface area (Å²) in [6, 6.07) is 9.88. The maximum absolute atomic E-state index is 13.5. The Bertz CT molecular complexity index is 901. The minimum atomic E-state index is -0.316. The highest BCUT2D eigenvalue weighted by molar-refractivity contribution is 6.31. The van der Waals surface area contributed by atoms with E-state index in [4.69, 9.17) is 11.6 Å². The molecular formula is C18H16ClFN2O. The molecule has 2 N–H and O–H groups in total. The molecule has 3 nitrogen and oxygen atoms in total. The van der Waals surface area contributed by atoms with Crippen LogP contribution in [0.3, 0.4) is 0 Å². The Morgan fingerprint density at radius 3 is 2.78 bits per heavy atom. The number of halogens is 2. The number of aromatic amines is 1. The van der Waals surface area contributed by atoms with Gasteiger partial charge in [-0.15, -0.1) is 0 Å². The first-order valence-corrected chi connectivity index (χ1v) is 7.64. The van der Waals surface area contributed by atoms with E-state index in [1.54, 1.807) is 18.2 Å². The number of hydrogen-bond acceptors (Lipinski definition) is 1. The molecule has 1 heterocycles. The number of benzene rings is 2. The summed E-state index contributed by atoms with van der Waals surface area (Å²) in [4.78, 5) is 15.5. The van der Waals surface area contributed by atoms with E-state index < -0.39 is 0 Å². The van der Waals surface area contributed by atoms with Crippen molar-refractivity contribution in [3.05, 3.63) is 64.1 Å². The van der Waals surface area contributed by atoms with Crippen molar-refractivity contribution in [2.45, 2.75) is 20.3 Å². The van der Waals surface area contributed by atoms with Crippen molar-refractivity contribution >= 4 is 34.1 Å². The van der Waals surface area contributed by atoms with Gasteiger partial charge in [-0.05, 0) is 55.3 Å². The van der Waals surface area contributed by atoms with Crippen molar-refractivity contribution in [3.8, 4) is 0 Å². The summed E-state index contributed by atoms with van der Waals surface area (Å²) in [6.45, 7) is 3.78. The van der Waals surface area contributed by atoms with E-state index in [0.29, 0.717) is 10.7 Å². The lowest BCUT2D eigenvalue weighted by molar-refractivity contribution is -0.115. The second-order valence-electron chi connectivity index (χ2n) is 5.60. The third kappa shape index (κ3) is 3.22. The fourth-order valence-electron chi connectivity index (χ4n) is 2.67. The molecule has 23 heavy (non-hydrogen) atoms. The van der Waals surface area contributed by atoms with E-state index >= 15 is 0 Å². The van der Waals surface area contributed by atoms with Crippen LogP contribution in [0.2, 0.25) is 5.02 Å². The molecule has 0 bridgehead atoms. The maximum atomic E-state index is 13.5. The maximum Gasteiger partial charge on any atom is 0.228 e. The second-order valence-corrected chi connectivity index (χ2v) is 6.04. The normalized spacial score (nSPS) is 11.0. The third-order valence-corrected chi connectivity index (χ3v) is 4.13. The smallest absolute Gasteiger partial charge is 0.228 e. The summed E-state index contributed by atoms with van der Waals surface area (Å²) in [6.07, 6.45) is 0.168. The lowest BCUT2D eigenvalue weighted by Gasteiger charge is -2.09. The fraction of sp³-hybridized carbons (Fsp3) is 0.167. The van der Waals surface area contributed by atoms with E-state index in [0.717, 1.165) is 27.7 Å².